The highest BCUT2D eigenvalue weighted by Crippen LogP contribution is 2.25. The van der Waals surface area contributed by atoms with E-state index < -0.39 is 28.7 Å². The lowest BCUT2D eigenvalue weighted by atomic mass is 10.1. The molecule has 1 aromatic heterocycles. The number of hydrogen-bond donors (Lipinski definition) is 2. The van der Waals surface area contributed by atoms with Crippen molar-refractivity contribution in [3.05, 3.63) is 40.2 Å². The summed E-state index contributed by atoms with van der Waals surface area (Å²) in [5.41, 5.74) is -0.543. The van der Waals surface area contributed by atoms with Crippen LogP contribution in [-0.2, 0) is 16.6 Å². The van der Waals surface area contributed by atoms with Crippen LogP contribution in [0.2, 0.25) is 0 Å². The van der Waals surface area contributed by atoms with Crippen LogP contribution in [0, 0.1) is 0 Å². The van der Waals surface area contributed by atoms with Crippen molar-refractivity contribution in [2.24, 2.45) is 7.05 Å². The van der Waals surface area contributed by atoms with Gasteiger partial charge in [0.15, 0.2) is 0 Å². The molecular weight excluding hydrogens is 276 g/mol. The summed E-state index contributed by atoms with van der Waals surface area (Å²) in [6, 6.07) is 6.66. The van der Waals surface area contributed by atoms with E-state index in [0.29, 0.717) is 10.9 Å². The normalized spacial score (nSPS) is 10.4. The zero-order chi connectivity index (χ0) is 15.6. The number of nitrogens with one attached hydrogen (secondary N) is 1. The van der Waals surface area contributed by atoms with Gasteiger partial charge in [-0.2, -0.15) is 0 Å². The first-order valence-corrected chi connectivity index (χ1v) is 6.13. The Morgan fingerprint density at radius 1 is 1.33 bits per heavy atom. The molecule has 2 N–H and O–H groups in total. The van der Waals surface area contributed by atoms with Crippen molar-refractivity contribution in [3.63, 3.8) is 0 Å². The molecule has 0 saturated carbocycles. The van der Waals surface area contributed by atoms with Gasteiger partial charge in [-0.3, -0.25) is 14.4 Å². The lowest BCUT2D eigenvalue weighted by Gasteiger charge is -2.11. The molecular formula is C14H14N2O5. The molecule has 0 aliphatic carbocycles. The number of ether oxygens (including phenoxy) is 1. The smallest absolute Gasteiger partial charge is 0.325 e. The number of aromatic nitrogens is 1. The Morgan fingerprint density at radius 3 is 2.67 bits per heavy atom. The number of para-hydroxylation sites is 1. The maximum atomic E-state index is 12.2. The van der Waals surface area contributed by atoms with E-state index in [4.69, 9.17) is 0 Å². The second-order valence-electron chi connectivity index (χ2n) is 4.36. The fraction of sp³-hybridized carbons (Fsp3) is 0.214. The predicted octanol–water partition coefficient (Wildman–Crippen LogP) is 0.147. The third kappa shape index (κ3) is 2.58. The van der Waals surface area contributed by atoms with Crippen LogP contribution in [0.5, 0.6) is 5.75 Å². The maximum Gasteiger partial charge on any atom is 0.325 e. The molecule has 0 aliphatic rings. The molecule has 1 amide bonds. The first kappa shape index (κ1) is 14.6. The topological polar surface area (TPSA) is 97.6 Å². The number of carbonyl (C=O) groups excluding carboxylic acids is 2. The van der Waals surface area contributed by atoms with E-state index in [1.54, 1.807) is 24.3 Å². The number of methoxy groups -OCH3 is 1. The summed E-state index contributed by atoms with van der Waals surface area (Å²) in [5, 5.41) is 12.8. The molecule has 2 aromatic rings. The highest BCUT2D eigenvalue weighted by molar-refractivity contribution is 6.03. The van der Waals surface area contributed by atoms with Gasteiger partial charge in [-0.05, 0) is 12.1 Å². The number of aromatic hydroxyl groups is 1. The van der Waals surface area contributed by atoms with Gasteiger partial charge in [-0.15, -0.1) is 0 Å². The molecule has 0 unspecified atom stereocenters. The highest BCUT2D eigenvalue weighted by Gasteiger charge is 2.21. The minimum Gasteiger partial charge on any atom is -0.506 e. The van der Waals surface area contributed by atoms with Crippen LogP contribution in [0.25, 0.3) is 10.9 Å². The number of rotatable bonds is 3. The second kappa shape index (κ2) is 5.66. The maximum absolute atomic E-state index is 12.2. The van der Waals surface area contributed by atoms with Crippen molar-refractivity contribution in [3.8, 4) is 5.75 Å². The van der Waals surface area contributed by atoms with E-state index >= 15 is 0 Å². The van der Waals surface area contributed by atoms with Crippen molar-refractivity contribution in [2.45, 2.75) is 0 Å². The quantitative estimate of drug-likeness (QED) is 0.784. The predicted molar refractivity (Wildman–Crippen MR) is 75.2 cm³/mol. The minimum atomic E-state index is -0.829. The van der Waals surface area contributed by atoms with Gasteiger partial charge in [0.05, 0.1) is 12.6 Å². The van der Waals surface area contributed by atoms with Gasteiger partial charge >= 0.3 is 5.97 Å². The van der Waals surface area contributed by atoms with E-state index in [9.17, 15) is 19.5 Å². The molecule has 1 aromatic carbocycles. The molecule has 0 saturated heterocycles. The van der Waals surface area contributed by atoms with Crippen LogP contribution in [0.1, 0.15) is 10.4 Å². The molecule has 110 valence electrons. The van der Waals surface area contributed by atoms with Gasteiger partial charge in [-0.25, -0.2) is 0 Å². The van der Waals surface area contributed by atoms with E-state index in [-0.39, 0.29) is 6.54 Å². The van der Waals surface area contributed by atoms with Crippen LogP contribution in [-0.4, -0.2) is 35.2 Å². The van der Waals surface area contributed by atoms with E-state index in [1.807, 2.05) is 0 Å². The van der Waals surface area contributed by atoms with Crippen molar-refractivity contribution >= 4 is 22.8 Å². The number of carbonyl (C=O) groups is 2. The average Bonchev–Trinajstić information content (AvgIpc) is 2.50. The molecule has 0 radical (unpaired) electrons. The van der Waals surface area contributed by atoms with Gasteiger partial charge in [0.1, 0.15) is 17.9 Å². The molecule has 21 heavy (non-hydrogen) atoms. The molecule has 2 rings (SSSR count). The van der Waals surface area contributed by atoms with Gasteiger partial charge < -0.3 is 19.7 Å². The number of pyridine rings is 1. The molecule has 1 heterocycles. The molecule has 0 spiro atoms. The van der Waals surface area contributed by atoms with Crippen molar-refractivity contribution < 1.29 is 19.4 Å². The van der Waals surface area contributed by atoms with Crippen LogP contribution >= 0.6 is 0 Å². The van der Waals surface area contributed by atoms with Gasteiger partial charge in [0.25, 0.3) is 11.5 Å². The Balaban J connectivity index is 2.52. The van der Waals surface area contributed by atoms with E-state index in [1.165, 1.54) is 18.7 Å². The molecule has 0 bridgehead atoms. The summed E-state index contributed by atoms with van der Waals surface area (Å²) >= 11 is 0. The molecule has 0 atom stereocenters. The number of fused-ring (bicyclic) bond motifs is 1. The molecule has 0 fully saturated rings. The first-order valence-electron chi connectivity index (χ1n) is 6.13. The highest BCUT2D eigenvalue weighted by atomic mass is 16.5. The number of aryl methyl sites for hydroxylation is 1. The number of benzene rings is 1. The van der Waals surface area contributed by atoms with Crippen LogP contribution in [0.15, 0.2) is 29.1 Å². The average molecular weight is 290 g/mol. The summed E-state index contributed by atoms with van der Waals surface area (Å²) in [5.74, 6) is -1.89. The van der Waals surface area contributed by atoms with Crippen molar-refractivity contribution in [1.82, 2.24) is 9.88 Å². The lowest BCUT2D eigenvalue weighted by Crippen LogP contribution is -2.35. The van der Waals surface area contributed by atoms with Crippen LogP contribution in [0.3, 0.4) is 0 Å². The van der Waals surface area contributed by atoms with Gasteiger partial charge in [0.2, 0.25) is 0 Å². The standard InChI is InChI=1S/C14H14N2O5/c1-16-9-6-4-3-5-8(9)12(18)11(14(16)20)13(19)15-7-10(17)21-2/h3-6,18H,7H2,1-2H3,(H,15,19). The second-order valence-corrected chi connectivity index (χ2v) is 4.36. The number of nitrogens with zero attached hydrogens (tertiary/aromatic N) is 1. The number of amides is 1. The Hall–Kier alpha value is -2.83. The molecule has 7 heteroatoms. The summed E-state index contributed by atoms with van der Waals surface area (Å²) < 4.78 is 5.66. The summed E-state index contributed by atoms with van der Waals surface area (Å²) in [6.45, 7) is -0.384. The lowest BCUT2D eigenvalue weighted by molar-refractivity contribution is -0.139. The summed E-state index contributed by atoms with van der Waals surface area (Å²) in [6.07, 6.45) is 0. The first-order chi connectivity index (χ1) is 9.97. The van der Waals surface area contributed by atoms with E-state index in [0.717, 1.165) is 0 Å². The Kier molecular flexibility index (Phi) is 3.93. The SMILES string of the molecule is COC(=O)CNC(=O)c1c(O)c2ccccc2n(C)c1=O. The van der Waals surface area contributed by atoms with Gasteiger partial charge in [-0.1, -0.05) is 12.1 Å². The molecule has 0 aliphatic heterocycles. The minimum absolute atomic E-state index is 0.378. The van der Waals surface area contributed by atoms with Crippen molar-refractivity contribution in [2.75, 3.05) is 13.7 Å². The number of hydrogen-bond acceptors (Lipinski definition) is 5. The summed E-state index contributed by atoms with van der Waals surface area (Å²) in [4.78, 5) is 35.2. The zero-order valence-corrected chi connectivity index (χ0v) is 11.5. The fourth-order valence-corrected chi connectivity index (χ4v) is 2.00. The Labute approximate surface area is 119 Å². The fourth-order valence-electron chi connectivity index (χ4n) is 2.00. The van der Waals surface area contributed by atoms with Gasteiger partial charge in [0, 0.05) is 12.4 Å². The zero-order valence-electron chi connectivity index (χ0n) is 11.5. The largest absolute Gasteiger partial charge is 0.506 e. The Bertz CT molecular complexity index is 779. The summed E-state index contributed by atoms with van der Waals surface area (Å²) in [7, 11) is 2.68. The van der Waals surface area contributed by atoms with Crippen molar-refractivity contribution in [1.29, 1.82) is 0 Å². The van der Waals surface area contributed by atoms with E-state index in [2.05, 4.69) is 10.1 Å². The Morgan fingerprint density at radius 2 is 2.00 bits per heavy atom. The van der Waals surface area contributed by atoms with Crippen LogP contribution in [0.4, 0.5) is 0 Å². The monoisotopic (exact) mass is 290 g/mol. The number of esters is 1. The third-order valence-corrected chi connectivity index (χ3v) is 3.12. The molecule has 7 nitrogen and oxygen atoms in total. The third-order valence-electron chi connectivity index (χ3n) is 3.12. The van der Waals surface area contributed by atoms with Crippen LogP contribution < -0.4 is 10.9 Å².